The van der Waals surface area contributed by atoms with Gasteiger partial charge in [-0.15, -0.1) is 0 Å². The Morgan fingerprint density at radius 1 is 1.05 bits per heavy atom. The van der Waals surface area contributed by atoms with Crippen molar-refractivity contribution in [3.8, 4) is 0 Å². The van der Waals surface area contributed by atoms with Gasteiger partial charge in [-0.05, 0) is 37.3 Å². The third-order valence-corrected chi connectivity index (χ3v) is 4.19. The van der Waals surface area contributed by atoms with Crippen molar-refractivity contribution in [3.05, 3.63) is 29.8 Å². The molecule has 1 atom stereocenters. The summed E-state index contributed by atoms with van der Waals surface area (Å²) in [6.07, 6.45) is 8.89. The minimum Gasteiger partial charge on any atom is -0.371 e. The van der Waals surface area contributed by atoms with Crippen LogP contribution >= 0.6 is 0 Å². The second kappa shape index (κ2) is 7.54. The number of para-hydroxylation sites is 1. The van der Waals surface area contributed by atoms with E-state index in [-0.39, 0.29) is 6.04 Å². The summed E-state index contributed by atoms with van der Waals surface area (Å²) in [5.41, 5.74) is 8.99. The van der Waals surface area contributed by atoms with Gasteiger partial charge in [-0.2, -0.15) is 0 Å². The fraction of sp³-hybridized carbons (Fsp3) is 0.647. The quantitative estimate of drug-likeness (QED) is 0.893. The monoisotopic (exact) mass is 260 g/mol. The van der Waals surface area contributed by atoms with Gasteiger partial charge in [0.25, 0.3) is 0 Å². The number of benzene rings is 1. The van der Waals surface area contributed by atoms with Crippen LogP contribution in [0.4, 0.5) is 5.69 Å². The first kappa shape index (κ1) is 14.4. The van der Waals surface area contributed by atoms with Crippen LogP contribution in [0.3, 0.4) is 0 Å². The van der Waals surface area contributed by atoms with E-state index in [1.54, 1.807) is 0 Å². The van der Waals surface area contributed by atoms with Crippen LogP contribution in [0.5, 0.6) is 0 Å². The second-order valence-corrected chi connectivity index (χ2v) is 5.76. The van der Waals surface area contributed by atoms with Gasteiger partial charge in [-0.25, -0.2) is 0 Å². The molecule has 106 valence electrons. The summed E-state index contributed by atoms with van der Waals surface area (Å²) in [6, 6.07) is 9.12. The van der Waals surface area contributed by atoms with Crippen molar-refractivity contribution < 1.29 is 0 Å². The molecule has 1 aliphatic heterocycles. The predicted molar refractivity (Wildman–Crippen MR) is 83.7 cm³/mol. The fourth-order valence-electron chi connectivity index (χ4n) is 2.91. The smallest absolute Gasteiger partial charge is 0.0399 e. The number of hydrogen-bond donors (Lipinski definition) is 1. The highest BCUT2D eigenvalue weighted by atomic mass is 15.1. The zero-order valence-corrected chi connectivity index (χ0v) is 12.3. The molecule has 19 heavy (non-hydrogen) atoms. The van der Waals surface area contributed by atoms with Crippen molar-refractivity contribution in [1.82, 2.24) is 0 Å². The molecule has 1 saturated heterocycles. The molecule has 1 aromatic carbocycles. The van der Waals surface area contributed by atoms with Crippen LogP contribution in [0.15, 0.2) is 24.3 Å². The van der Waals surface area contributed by atoms with Crippen LogP contribution in [0.1, 0.15) is 51.0 Å². The maximum Gasteiger partial charge on any atom is 0.0399 e. The lowest BCUT2D eigenvalue weighted by Gasteiger charge is -2.29. The van der Waals surface area contributed by atoms with E-state index in [0.717, 1.165) is 12.8 Å². The second-order valence-electron chi connectivity index (χ2n) is 5.76. The molecule has 0 saturated carbocycles. The third kappa shape index (κ3) is 4.24. The van der Waals surface area contributed by atoms with Crippen molar-refractivity contribution in [2.75, 3.05) is 18.0 Å². The molecule has 2 rings (SSSR count). The molecule has 0 aromatic heterocycles. The van der Waals surface area contributed by atoms with Crippen molar-refractivity contribution >= 4 is 5.69 Å². The van der Waals surface area contributed by atoms with Gasteiger partial charge in [0.15, 0.2) is 0 Å². The van der Waals surface area contributed by atoms with Gasteiger partial charge in [-0.3, -0.25) is 0 Å². The van der Waals surface area contributed by atoms with Gasteiger partial charge in [0.05, 0.1) is 0 Å². The van der Waals surface area contributed by atoms with E-state index in [1.807, 2.05) is 0 Å². The first-order valence-corrected chi connectivity index (χ1v) is 7.89. The van der Waals surface area contributed by atoms with E-state index in [1.165, 1.54) is 56.4 Å². The number of anilines is 1. The number of rotatable bonds is 4. The van der Waals surface area contributed by atoms with Gasteiger partial charge in [-0.1, -0.05) is 44.4 Å². The van der Waals surface area contributed by atoms with E-state index >= 15 is 0 Å². The average Bonchev–Trinajstić information content (AvgIpc) is 2.39. The van der Waals surface area contributed by atoms with Gasteiger partial charge < -0.3 is 10.6 Å². The summed E-state index contributed by atoms with van der Waals surface area (Å²) >= 11 is 0. The van der Waals surface area contributed by atoms with Gasteiger partial charge in [0, 0.05) is 24.8 Å². The summed E-state index contributed by atoms with van der Waals surface area (Å²) in [5.74, 6) is 0. The summed E-state index contributed by atoms with van der Waals surface area (Å²) in [7, 11) is 0. The normalized spacial score (nSPS) is 18.7. The Morgan fingerprint density at radius 3 is 2.37 bits per heavy atom. The first-order valence-electron chi connectivity index (χ1n) is 7.89. The summed E-state index contributed by atoms with van der Waals surface area (Å²) in [4.78, 5) is 2.58. The predicted octanol–water partition coefficient (Wildman–Crippen LogP) is 3.74. The molecule has 0 spiro atoms. The van der Waals surface area contributed by atoms with E-state index in [0.29, 0.717) is 0 Å². The Labute approximate surface area is 118 Å². The topological polar surface area (TPSA) is 29.3 Å². The van der Waals surface area contributed by atoms with Crippen molar-refractivity contribution in [3.63, 3.8) is 0 Å². The highest BCUT2D eigenvalue weighted by Crippen LogP contribution is 2.24. The maximum atomic E-state index is 6.14. The Hall–Kier alpha value is -1.02. The van der Waals surface area contributed by atoms with E-state index in [4.69, 9.17) is 5.73 Å². The van der Waals surface area contributed by atoms with E-state index in [9.17, 15) is 0 Å². The zero-order valence-electron chi connectivity index (χ0n) is 12.3. The molecule has 2 N–H and O–H groups in total. The number of hydrogen-bond acceptors (Lipinski definition) is 2. The lowest BCUT2D eigenvalue weighted by Crippen LogP contribution is -2.29. The summed E-state index contributed by atoms with van der Waals surface area (Å²) < 4.78 is 0. The van der Waals surface area contributed by atoms with Crippen LogP contribution in [0.25, 0.3) is 0 Å². The minimum absolute atomic E-state index is 0.288. The molecule has 0 radical (unpaired) electrons. The first-order chi connectivity index (χ1) is 9.31. The fourth-order valence-corrected chi connectivity index (χ4v) is 2.91. The molecule has 0 amide bonds. The number of nitrogens with zero attached hydrogens (tertiary/aromatic N) is 1. The van der Waals surface area contributed by atoms with E-state index < -0.39 is 0 Å². The molecule has 1 aliphatic rings. The molecule has 2 heteroatoms. The highest BCUT2D eigenvalue weighted by Gasteiger charge is 2.13. The largest absolute Gasteiger partial charge is 0.371 e. The molecule has 0 bridgehead atoms. The van der Waals surface area contributed by atoms with Crippen LogP contribution in [-0.4, -0.2) is 19.1 Å². The van der Waals surface area contributed by atoms with Gasteiger partial charge in [0.1, 0.15) is 0 Å². The molecular weight excluding hydrogens is 232 g/mol. The summed E-state index contributed by atoms with van der Waals surface area (Å²) in [5, 5.41) is 0. The third-order valence-electron chi connectivity index (χ3n) is 4.19. The van der Waals surface area contributed by atoms with Gasteiger partial charge >= 0.3 is 0 Å². The van der Waals surface area contributed by atoms with Crippen LogP contribution in [0, 0.1) is 0 Å². The Morgan fingerprint density at radius 2 is 1.68 bits per heavy atom. The van der Waals surface area contributed by atoms with Crippen molar-refractivity contribution in [2.45, 2.75) is 57.9 Å². The SMILES string of the molecule is CCC(N)Cc1ccccc1N1CCCCCCC1. The molecule has 0 aliphatic carbocycles. The average molecular weight is 260 g/mol. The van der Waals surface area contributed by atoms with Crippen LogP contribution in [0.2, 0.25) is 0 Å². The van der Waals surface area contributed by atoms with Crippen LogP contribution < -0.4 is 10.6 Å². The van der Waals surface area contributed by atoms with Crippen molar-refractivity contribution in [2.24, 2.45) is 5.73 Å². The molecule has 1 heterocycles. The lowest BCUT2D eigenvalue weighted by molar-refractivity contribution is 0.554. The Kier molecular flexibility index (Phi) is 5.71. The molecular formula is C17H28N2. The standard InChI is InChI=1S/C17H28N2/c1-2-16(18)14-15-10-6-7-11-17(15)19-12-8-4-3-5-9-13-19/h6-7,10-11,16H,2-5,8-9,12-14,18H2,1H3. The number of nitrogens with two attached hydrogens (primary N) is 1. The lowest BCUT2D eigenvalue weighted by atomic mass is 10.0. The Bertz CT molecular complexity index is 367. The maximum absolute atomic E-state index is 6.14. The molecule has 1 unspecified atom stereocenters. The van der Waals surface area contributed by atoms with Crippen molar-refractivity contribution in [1.29, 1.82) is 0 Å². The molecule has 1 fully saturated rings. The Balaban J connectivity index is 2.12. The minimum atomic E-state index is 0.288. The van der Waals surface area contributed by atoms with Crippen LogP contribution in [-0.2, 0) is 6.42 Å². The summed E-state index contributed by atoms with van der Waals surface area (Å²) in [6.45, 7) is 4.58. The molecule has 1 aromatic rings. The van der Waals surface area contributed by atoms with Gasteiger partial charge in [0.2, 0.25) is 0 Å². The zero-order chi connectivity index (χ0) is 13.5. The molecule has 2 nitrogen and oxygen atoms in total. The van der Waals surface area contributed by atoms with E-state index in [2.05, 4.69) is 36.1 Å². The highest BCUT2D eigenvalue weighted by molar-refractivity contribution is 5.54.